The lowest BCUT2D eigenvalue weighted by Crippen LogP contribution is -2.41. The van der Waals surface area contributed by atoms with E-state index in [1.165, 1.54) is 11.2 Å². The summed E-state index contributed by atoms with van der Waals surface area (Å²) in [5.74, 6) is -0.643. The predicted octanol–water partition coefficient (Wildman–Crippen LogP) is 2.85. The van der Waals surface area contributed by atoms with E-state index >= 15 is 0 Å². The van der Waals surface area contributed by atoms with E-state index in [9.17, 15) is 9.59 Å². The summed E-state index contributed by atoms with van der Waals surface area (Å²) in [6.07, 6.45) is 1.44. The summed E-state index contributed by atoms with van der Waals surface area (Å²) in [6.45, 7) is 5.69. The van der Waals surface area contributed by atoms with Crippen LogP contribution in [0.4, 0.5) is 0 Å². The van der Waals surface area contributed by atoms with Gasteiger partial charge in [0.25, 0.3) is 5.91 Å². The zero-order chi connectivity index (χ0) is 15.4. The normalized spacial score (nSPS) is 10.9. The molecular weight excluding hydrogens is 270 g/mol. The minimum Gasteiger partial charge on any atom is -0.465 e. The van der Waals surface area contributed by atoms with Gasteiger partial charge in [-0.15, -0.1) is 0 Å². The first-order valence-electron chi connectivity index (χ1n) is 6.97. The van der Waals surface area contributed by atoms with Gasteiger partial charge in [0.05, 0.1) is 12.2 Å². The number of amides is 1. The highest BCUT2D eigenvalue weighted by atomic mass is 16.5. The lowest BCUT2D eigenvalue weighted by atomic mass is 10.1. The van der Waals surface area contributed by atoms with Crippen molar-refractivity contribution in [3.8, 4) is 0 Å². The van der Waals surface area contributed by atoms with Crippen LogP contribution >= 0.6 is 0 Å². The van der Waals surface area contributed by atoms with E-state index in [1.807, 2.05) is 32.0 Å². The molecule has 5 nitrogen and oxygen atoms in total. The minimum atomic E-state index is -0.410. The number of hydrogen-bond donors (Lipinski definition) is 0. The van der Waals surface area contributed by atoms with Crippen LogP contribution < -0.4 is 0 Å². The van der Waals surface area contributed by atoms with E-state index < -0.39 is 5.97 Å². The molecule has 0 fully saturated rings. The van der Waals surface area contributed by atoms with Gasteiger partial charge in [-0.1, -0.05) is 18.2 Å². The maximum Gasteiger partial charge on any atom is 0.325 e. The van der Waals surface area contributed by atoms with Crippen molar-refractivity contribution in [3.63, 3.8) is 0 Å². The molecule has 0 unspecified atom stereocenters. The summed E-state index contributed by atoms with van der Waals surface area (Å²) in [5.41, 5.74) is 1.12. The van der Waals surface area contributed by atoms with Gasteiger partial charge < -0.3 is 14.1 Å². The molecule has 1 amide bonds. The van der Waals surface area contributed by atoms with E-state index in [1.54, 1.807) is 13.0 Å². The van der Waals surface area contributed by atoms with Crippen LogP contribution in [0.25, 0.3) is 11.0 Å². The molecular formula is C16H19NO4. The number of benzene rings is 1. The van der Waals surface area contributed by atoms with Gasteiger partial charge in [-0.2, -0.15) is 0 Å². The number of fused-ring (bicyclic) bond motifs is 1. The summed E-state index contributed by atoms with van der Waals surface area (Å²) in [4.78, 5) is 25.8. The third kappa shape index (κ3) is 3.24. The Morgan fingerprint density at radius 3 is 2.67 bits per heavy atom. The van der Waals surface area contributed by atoms with Gasteiger partial charge >= 0.3 is 5.97 Å². The van der Waals surface area contributed by atoms with Crippen LogP contribution in [0.15, 0.2) is 34.9 Å². The third-order valence-electron chi connectivity index (χ3n) is 3.20. The number of carbonyl (C=O) groups is 2. The predicted molar refractivity (Wildman–Crippen MR) is 79.0 cm³/mol. The maximum atomic E-state index is 12.7. The Morgan fingerprint density at radius 1 is 1.29 bits per heavy atom. The number of hydrogen-bond acceptors (Lipinski definition) is 4. The quantitative estimate of drug-likeness (QED) is 0.794. The lowest BCUT2D eigenvalue weighted by Gasteiger charge is -2.25. The topological polar surface area (TPSA) is 59.8 Å². The minimum absolute atomic E-state index is 0.0656. The molecule has 0 atom stereocenters. The first-order chi connectivity index (χ1) is 10.0. The summed E-state index contributed by atoms with van der Waals surface area (Å²) >= 11 is 0. The fraction of sp³-hybridized carbons (Fsp3) is 0.375. The van der Waals surface area contributed by atoms with Gasteiger partial charge in [0, 0.05) is 11.4 Å². The molecule has 2 aromatic rings. The van der Waals surface area contributed by atoms with Crippen molar-refractivity contribution in [3.05, 3.63) is 36.1 Å². The second-order valence-electron chi connectivity index (χ2n) is 4.98. The monoisotopic (exact) mass is 289 g/mol. The molecule has 21 heavy (non-hydrogen) atoms. The average molecular weight is 289 g/mol. The van der Waals surface area contributed by atoms with Crippen molar-refractivity contribution in [1.82, 2.24) is 4.90 Å². The first kappa shape index (κ1) is 15.1. The Hall–Kier alpha value is -2.30. The Morgan fingerprint density at radius 2 is 2.00 bits per heavy atom. The lowest BCUT2D eigenvalue weighted by molar-refractivity contribution is -0.144. The van der Waals surface area contributed by atoms with Crippen molar-refractivity contribution in [1.29, 1.82) is 0 Å². The van der Waals surface area contributed by atoms with E-state index in [-0.39, 0.29) is 18.5 Å². The number of carbonyl (C=O) groups excluding carboxylic acids is 2. The number of ether oxygens (including phenoxy) is 1. The number of esters is 1. The van der Waals surface area contributed by atoms with Crippen molar-refractivity contribution < 1.29 is 18.7 Å². The highest BCUT2D eigenvalue weighted by molar-refractivity contribution is 6.06. The van der Waals surface area contributed by atoms with Crippen LogP contribution in [-0.4, -0.2) is 36.0 Å². The van der Waals surface area contributed by atoms with Crippen LogP contribution in [0.1, 0.15) is 31.1 Å². The Kier molecular flexibility index (Phi) is 4.62. The Balaban J connectivity index is 2.28. The third-order valence-corrected chi connectivity index (χ3v) is 3.20. The van der Waals surface area contributed by atoms with Crippen LogP contribution in [-0.2, 0) is 9.53 Å². The van der Waals surface area contributed by atoms with Crippen molar-refractivity contribution in [2.75, 3.05) is 13.2 Å². The molecule has 0 N–H and O–H groups in total. The molecule has 0 saturated carbocycles. The average Bonchev–Trinajstić information content (AvgIpc) is 2.88. The van der Waals surface area contributed by atoms with Gasteiger partial charge in [0.1, 0.15) is 18.4 Å². The Labute approximate surface area is 123 Å². The second kappa shape index (κ2) is 6.43. The van der Waals surface area contributed by atoms with Crippen molar-refractivity contribution in [2.45, 2.75) is 26.8 Å². The molecule has 112 valence electrons. The van der Waals surface area contributed by atoms with Crippen molar-refractivity contribution in [2.24, 2.45) is 0 Å². The molecule has 0 saturated heterocycles. The smallest absolute Gasteiger partial charge is 0.325 e. The van der Waals surface area contributed by atoms with Gasteiger partial charge in [0.2, 0.25) is 0 Å². The fourth-order valence-electron chi connectivity index (χ4n) is 2.13. The molecule has 1 heterocycles. The SMILES string of the molecule is CCOC(=O)CN(C(=O)c1coc2ccccc12)C(C)C. The van der Waals surface area contributed by atoms with E-state index in [0.29, 0.717) is 17.8 Å². The maximum absolute atomic E-state index is 12.7. The number of para-hydroxylation sites is 1. The summed E-state index contributed by atoms with van der Waals surface area (Å²) in [7, 11) is 0. The molecule has 0 bridgehead atoms. The van der Waals surface area contributed by atoms with Gasteiger partial charge in [0.15, 0.2) is 0 Å². The molecule has 5 heteroatoms. The number of furan rings is 1. The second-order valence-corrected chi connectivity index (χ2v) is 4.98. The molecule has 0 spiro atoms. The largest absolute Gasteiger partial charge is 0.465 e. The fourth-order valence-corrected chi connectivity index (χ4v) is 2.13. The van der Waals surface area contributed by atoms with Crippen LogP contribution in [0.3, 0.4) is 0 Å². The number of rotatable bonds is 5. The molecule has 1 aromatic carbocycles. The van der Waals surface area contributed by atoms with Crippen LogP contribution in [0.5, 0.6) is 0 Å². The number of nitrogens with zero attached hydrogens (tertiary/aromatic N) is 1. The molecule has 0 aliphatic heterocycles. The molecule has 2 rings (SSSR count). The first-order valence-corrected chi connectivity index (χ1v) is 6.97. The van der Waals surface area contributed by atoms with Crippen LogP contribution in [0.2, 0.25) is 0 Å². The molecule has 0 aliphatic carbocycles. The van der Waals surface area contributed by atoms with Gasteiger partial charge in [-0.3, -0.25) is 9.59 Å². The van der Waals surface area contributed by atoms with Crippen LogP contribution in [0, 0.1) is 0 Å². The van der Waals surface area contributed by atoms with Gasteiger partial charge in [-0.25, -0.2) is 0 Å². The standard InChI is InChI=1S/C16H19NO4/c1-4-20-15(18)9-17(11(2)3)16(19)13-10-21-14-8-6-5-7-12(13)14/h5-8,10-11H,4,9H2,1-3H3. The Bertz CT molecular complexity index is 645. The zero-order valence-corrected chi connectivity index (χ0v) is 12.5. The van der Waals surface area contributed by atoms with E-state index in [2.05, 4.69) is 0 Å². The van der Waals surface area contributed by atoms with Crippen molar-refractivity contribution >= 4 is 22.8 Å². The summed E-state index contributed by atoms with van der Waals surface area (Å²) in [6, 6.07) is 7.21. The zero-order valence-electron chi connectivity index (χ0n) is 12.5. The highest BCUT2D eigenvalue weighted by Gasteiger charge is 2.24. The van der Waals surface area contributed by atoms with E-state index in [0.717, 1.165) is 5.39 Å². The van der Waals surface area contributed by atoms with E-state index in [4.69, 9.17) is 9.15 Å². The summed E-state index contributed by atoms with van der Waals surface area (Å²) in [5, 5.41) is 0.747. The molecule has 0 aliphatic rings. The summed E-state index contributed by atoms with van der Waals surface area (Å²) < 4.78 is 10.3. The highest BCUT2D eigenvalue weighted by Crippen LogP contribution is 2.22. The molecule has 0 radical (unpaired) electrons. The van der Waals surface area contributed by atoms with Gasteiger partial charge in [-0.05, 0) is 26.8 Å². The molecule has 1 aromatic heterocycles.